The third-order valence-electron chi connectivity index (χ3n) is 1.92. The van der Waals surface area contributed by atoms with E-state index in [-0.39, 0.29) is 26.4 Å². The highest BCUT2D eigenvalue weighted by atomic mass is 31.2. The molecule has 0 N–H and O–H groups in total. The molecular formula is C12H20O8P2. The predicted octanol–water partition coefficient (Wildman–Crippen LogP) is 3.15. The third-order valence-corrected chi connectivity index (χ3v) is 4.70. The molecule has 0 spiro atoms. The maximum atomic E-state index is 12.0. The van der Waals surface area contributed by atoms with Gasteiger partial charge in [0.2, 0.25) is 0 Å². The van der Waals surface area contributed by atoms with E-state index < -0.39 is 26.2 Å². The van der Waals surface area contributed by atoms with Crippen LogP contribution in [0.15, 0.2) is 0 Å². The van der Waals surface area contributed by atoms with E-state index in [2.05, 4.69) is 21.3 Å². The molecule has 0 radical (unpaired) electrons. The molecule has 0 aliphatic rings. The Bertz CT molecular complexity index is 529. The quantitative estimate of drug-likeness (QED) is 0.483. The molecular weight excluding hydrogens is 334 g/mol. The number of rotatable bonds is 8. The summed E-state index contributed by atoms with van der Waals surface area (Å²) in [4.78, 5) is 22.8. The van der Waals surface area contributed by atoms with Crippen LogP contribution in [0.2, 0.25) is 0 Å². The molecule has 0 aliphatic heterocycles. The number of carbonyl (C=O) groups is 2. The second-order valence-electron chi connectivity index (χ2n) is 4.15. The highest BCUT2D eigenvalue weighted by Gasteiger charge is 2.36. The van der Waals surface area contributed by atoms with E-state index >= 15 is 0 Å². The van der Waals surface area contributed by atoms with E-state index in [9.17, 15) is 18.7 Å². The van der Waals surface area contributed by atoms with Crippen molar-refractivity contribution >= 4 is 26.2 Å². The van der Waals surface area contributed by atoms with Crippen molar-refractivity contribution < 1.29 is 37.2 Å². The first kappa shape index (κ1) is 20.9. The van der Waals surface area contributed by atoms with Gasteiger partial charge < -0.3 is 23.1 Å². The van der Waals surface area contributed by atoms with Gasteiger partial charge in [-0.1, -0.05) is 11.8 Å². The fourth-order valence-electron chi connectivity index (χ4n) is 1.01. The molecule has 0 bridgehead atoms. The van der Waals surface area contributed by atoms with Gasteiger partial charge in [-0.3, -0.25) is 0 Å². The van der Waals surface area contributed by atoms with Gasteiger partial charge in [0.05, 0.1) is 13.2 Å². The van der Waals surface area contributed by atoms with Crippen molar-refractivity contribution in [1.82, 2.24) is 0 Å². The van der Waals surface area contributed by atoms with Gasteiger partial charge in [0.25, 0.3) is 0 Å². The lowest BCUT2D eigenvalue weighted by atomic mass is 10.6. The molecule has 0 aromatic rings. The lowest BCUT2D eigenvalue weighted by Crippen LogP contribution is -2.09. The van der Waals surface area contributed by atoms with Gasteiger partial charge in [-0.25, -0.2) is 14.2 Å². The summed E-state index contributed by atoms with van der Waals surface area (Å²) in [6, 6.07) is 0. The minimum atomic E-state index is -3.95. The SMILES string of the molecule is CCOP(=O)(OCC)C(=O)OCC#CCOC(=O)P(C)(C)=O. The smallest absolute Gasteiger partial charge is 0.438 e. The van der Waals surface area contributed by atoms with E-state index in [4.69, 9.17) is 9.05 Å². The van der Waals surface area contributed by atoms with Gasteiger partial charge in [-0.15, -0.1) is 0 Å². The molecule has 0 heterocycles. The summed E-state index contributed by atoms with van der Waals surface area (Å²) in [6.45, 7) is 5.10. The summed E-state index contributed by atoms with van der Waals surface area (Å²) < 4.78 is 42.2. The Morgan fingerprint density at radius 2 is 1.27 bits per heavy atom. The Morgan fingerprint density at radius 3 is 1.64 bits per heavy atom. The van der Waals surface area contributed by atoms with Crippen LogP contribution in [0.4, 0.5) is 9.59 Å². The van der Waals surface area contributed by atoms with Crippen LogP contribution in [0.5, 0.6) is 0 Å². The standard InChI is InChI=1S/C12H20O8P2/c1-5-19-22(16,20-6-2)12(14)18-10-8-7-9-17-11(13)21(3,4)15/h5-6,9-10H2,1-4H3. The predicted molar refractivity (Wildman–Crippen MR) is 80.8 cm³/mol. The molecule has 0 rings (SSSR count). The second-order valence-corrected chi connectivity index (χ2v) is 9.09. The van der Waals surface area contributed by atoms with E-state index in [0.717, 1.165) is 0 Å². The van der Waals surface area contributed by atoms with Crippen LogP contribution in [0, 0.1) is 11.8 Å². The van der Waals surface area contributed by atoms with Crippen molar-refractivity contribution in [2.75, 3.05) is 39.8 Å². The van der Waals surface area contributed by atoms with E-state index in [1.807, 2.05) is 0 Å². The molecule has 126 valence electrons. The molecule has 10 heteroatoms. The molecule has 0 unspecified atom stereocenters. The highest BCUT2D eigenvalue weighted by Crippen LogP contribution is 2.49. The Hall–Kier alpha value is -1.12. The zero-order valence-corrected chi connectivity index (χ0v) is 14.8. The number of hydrogen-bond acceptors (Lipinski definition) is 8. The van der Waals surface area contributed by atoms with Crippen LogP contribution in [-0.2, 0) is 27.7 Å². The van der Waals surface area contributed by atoms with Crippen LogP contribution in [0.1, 0.15) is 13.8 Å². The minimum Gasteiger partial charge on any atom is -0.447 e. The average molecular weight is 354 g/mol. The molecule has 0 fully saturated rings. The van der Waals surface area contributed by atoms with Crippen molar-refractivity contribution in [3.8, 4) is 11.8 Å². The maximum absolute atomic E-state index is 12.0. The van der Waals surface area contributed by atoms with Gasteiger partial charge in [0, 0.05) is 0 Å². The number of ether oxygens (including phenoxy) is 2. The lowest BCUT2D eigenvalue weighted by Gasteiger charge is -2.14. The number of hydrogen-bond donors (Lipinski definition) is 0. The van der Waals surface area contributed by atoms with Gasteiger partial charge in [0.1, 0.15) is 0 Å². The summed E-state index contributed by atoms with van der Waals surface area (Å²) in [5.41, 5.74) is -1.95. The lowest BCUT2D eigenvalue weighted by molar-refractivity contribution is 0.159. The maximum Gasteiger partial charge on any atom is 0.438 e. The summed E-state index contributed by atoms with van der Waals surface area (Å²) in [5.74, 6) is 4.78. The van der Waals surface area contributed by atoms with Crippen molar-refractivity contribution in [2.24, 2.45) is 0 Å². The largest absolute Gasteiger partial charge is 0.447 e. The van der Waals surface area contributed by atoms with E-state index in [0.29, 0.717) is 0 Å². The Balaban J connectivity index is 4.28. The van der Waals surface area contributed by atoms with Crippen molar-refractivity contribution in [3.05, 3.63) is 0 Å². The number of carbonyl (C=O) groups excluding carboxylic acids is 2. The highest BCUT2D eigenvalue weighted by molar-refractivity contribution is 7.78. The van der Waals surface area contributed by atoms with E-state index in [1.54, 1.807) is 13.8 Å². The average Bonchev–Trinajstić information content (AvgIpc) is 2.41. The fraction of sp³-hybridized carbons (Fsp3) is 0.667. The third kappa shape index (κ3) is 7.77. The fourth-order valence-corrected chi connectivity index (χ4v) is 2.58. The minimum absolute atomic E-state index is 0.0299. The molecule has 0 aliphatic carbocycles. The van der Waals surface area contributed by atoms with Crippen LogP contribution in [-0.4, -0.2) is 51.2 Å². The molecule has 22 heavy (non-hydrogen) atoms. The van der Waals surface area contributed by atoms with Crippen molar-refractivity contribution in [3.63, 3.8) is 0 Å². The molecule has 0 saturated heterocycles. The summed E-state index contributed by atoms with van der Waals surface area (Å²) in [7, 11) is -6.90. The first-order valence-corrected chi connectivity index (χ1v) is 10.6. The first-order chi connectivity index (χ1) is 10.2. The van der Waals surface area contributed by atoms with Crippen molar-refractivity contribution in [2.45, 2.75) is 13.8 Å². The van der Waals surface area contributed by atoms with Gasteiger partial charge >= 0.3 is 19.0 Å². The normalized spacial score (nSPS) is 11.3. The van der Waals surface area contributed by atoms with E-state index in [1.165, 1.54) is 13.3 Å². The van der Waals surface area contributed by atoms with Gasteiger partial charge in [-0.05, 0) is 27.2 Å². The topological polar surface area (TPSA) is 105 Å². The van der Waals surface area contributed by atoms with Gasteiger partial charge in [-0.2, -0.15) is 0 Å². The Morgan fingerprint density at radius 1 is 0.864 bits per heavy atom. The van der Waals surface area contributed by atoms with Crippen LogP contribution in [0.3, 0.4) is 0 Å². The molecule has 0 amide bonds. The molecule has 0 atom stereocenters. The summed E-state index contributed by atoms with van der Waals surface area (Å²) in [6.07, 6.45) is 0. The zero-order chi connectivity index (χ0) is 17.2. The van der Waals surface area contributed by atoms with Crippen LogP contribution in [0.25, 0.3) is 0 Å². The zero-order valence-electron chi connectivity index (χ0n) is 13.0. The monoisotopic (exact) mass is 354 g/mol. The van der Waals surface area contributed by atoms with Crippen LogP contribution < -0.4 is 0 Å². The molecule has 0 aromatic carbocycles. The molecule has 0 saturated carbocycles. The summed E-state index contributed by atoms with van der Waals surface area (Å²) >= 11 is 0. The first-order valence-electron chi connectivity index (χ1n) is 6.41. The van der Waals surface area contributed by atoms with Crippen LogP contribution >= 0.6 is 14.7 Å². The molecule has 0 aromatic heterocycles. The second kappa shape index (κ2) is 9.81. The van der Waals surface area contributed by atoms with Gasteiger partial charge in [0.15, 0.2) is 20.4 Å². The van der Waals surface area contributed by atoms with Crippen molar-refractivity contribution in [1.29, 1.82) is 0 Å². The Kier molecular flexibility index (Phi) is 9.31. The summed E-state index contributed by atoms with van der Waals surface area (Å²) in [5, 5.41) is 0. The molecule has 8 nitrogen and oxygen atoms in total. The Labute approximate surface area is 129 Å².